The van der Waals surface area contributed by atoms with Crippen molar-refractivity contribution in [2.45, 2.75) is 6.54 Å². The van der Waals surface area contributed by atoms with Crippen LogP contribution in [-0.2, 0) is 6.54 Å². The highest BCUT2D eigenvalue weighted by Gasteiger charge is 2.07. The average Bonchev–Trinajstić information content (AvgIpc) is 2.79. The molecular weight excluding hydrogens is 379 g/mol. The molecule has 0 bridgehead atoms. The Kier molecular flexibility index (Phi) is 5.75. The van der Waals surface area contributed by atoms with Crippen LogP contribution < -0.4 is 10.6 Å². The molecule has 0 saturated heterocycles. The van der Waals surface area contributed by atoms with Crippen LogP contribution >= 0.6 is 0 Å². The Morgan fingerprint density at radius 3 is 2.47 bits per heavy atom. The molecule has 1 amide bonds. The number of nitrogens with one attached hydrogen (secondary N) is 2. The Labute approximate surface area is 173 Å². The van der Waals surface area contributed by atoms with Gasteiger partial charge < -0.3 is 10.6 Å². The number of benzene rings is 3. The molecule has 1 aromatic heterocycles. The van der Waals surface area contributed by atoms with Crippen molar-refractivity contribution in [2.75, 3.05) is 5.32 Å². The van der Waals surface area contributed by atoms with Gasteiger partial charge in [0.05, 0.1) is 0 Å². The van der Waals surface area contributed by atoms with Gasteiger partial charge in [-0.3, -0.25) is 4.79 Å². The Bertz CT molecular complexity index is 1150. The lowest BCUT2D eigenvalue weighted by Gasteiger charge is -2.09. The van der Waals surface area contributed by atoms with Crippen LogP contribution in [0.3, 0.4) is 0 Å². The minimum atomic E-state index is -0.337. The third kappa shape index (κ3) is 4.86. The molecular formula is C24H19FN4O. The van der Waals surface area contributed by atoms with Crippen molar-refractivity contribution in [1.82, 2.24) is 15.3 Å². The molecule has 0 spiro atoms. The van der Waals surface area contributed by atoms with E-state index in [0.717, 1.165) is 11.3 Å². The van der Waals surface area contributed by atoms with E-state index in [1.165, 1.54) is 12.1 Å². The molecule has 0 saturated carbocycles. The van der Waals surface area contributed by atoms with Crippen molar-refractivity contribution < 1.29 is 9.18 Å². The summed E-state index contributed by atoms with van der Waals surface area (Å²) in [5.41, 5.74) is 2.99. The molecule has 6 heteroatoms. The zero-order valence-electron chi connectivity index (χ0n) is 16.0. The minimum absolute atomic E-state index is 0.138. The molecule has 30 heavy (non-hydrogen) atoms. The van der Waals surface area contributed by atoms with E-state index in [1.807, 2.05) is 30.3 Å². The second kappa shape index (κ2) is 8.96. The molecule has 1 heterocycles. The number of halogens is 1. The lowest BCUT2D eigenvalue weighted by Crippen LogP contribution is -2.22. The fourth-order valence-corrected chi connectivity index (χ4v) is 2.93. The third-order valence-electron chi connectivity index (χ3n) is 4.45. The number of carbonyl (C=O) groups excluding carboxylic acids is 1. The highest BCUT2D eigenvalue weighted by atomic mass is 19.1. The summed E-state index contributed by atoms with van der Waals surface area (Å²) in [6.07, 6.45) is 1.61. The van der Waals surface area contributed by atoms with Gasteiger partial charge in [-0.25, -0.2) is 14.4 Å². The van der Waals surface area contributed by atoms with Gasteiger partial charge >= 0.3 is 0 Å². The van der Waals surface area contributed by atoms with E-state index in [0.29, 0.717) is 29.3 Å². The molecule has 0 unspecified atom stereocenters. The molecule has 0 aliphatic heterocycles. The summed E-state index contributed by atoms with van der Waals surface area (Å²) >= 11 is 0. The summed E-state index contributed by atoms with van der Waals surface area (Å²) in [5.74, 6) is 0.526. The third-order valence-corrected chi connectivity index (χ3v) is 4.45. The van der Waals surface area contributed by atoms with Gasteiger partial charge in [0.25, 0.3) is 5.91 Å². The molecule has 5 nitrogen and oxygen atoms in total. The number of rotatable bonds is 6. The van der Waals surface area contributed by atoms with Crippen molar-refractivity contribution >= 4 is 17.4 Å². The van der Waals surface area contributed by atoms with E-state index >= 15 is 0 Å². The predicted octanol–water partition coefficient (Wildman–Crippen LogP) is 4.96. The van der Waals surface area contributed by atoms with Gasteiger partial charge in [-0.15, -0.1) is 0 Å². The van der Waals surface area contributed by atoms with Crippen molar-refractivity contribution in [3.05, 3.63) is 108 Å². The monoisotopic (exact) mass is 398 g/mol. The van der Waals surface area contributed by atoms with Gasteiger partial charge in [-0.2, -0.15) is 0 Å². The van der Waals surface area contributed by atoms with E-state index in [-0.39, 0.29) is 11.7 Å². The number of nitrogens with zero attached hydrogens (tertiary/aromatic N) is 2. The SMILES string of the molecule is O=C(NCc1ccccc1)c1ccc(Nc2ccnc(-c3cccc(F)c3)n2)cc1. The van der Waals surface area contributed by atoms with Crippen LogP contribution in [0.15, 0.2) is 91.1 Å². The second-order valence-electron chi connectivity index (χ2n) is 6.65. The fraction of sp³-hybridized carbons (Fsp3) is 0.0417. The highest BCUT2D eigenvalue weighted by molar-refractivity contribution is 5.94. The van der Waals surface area contributed by atoms with E-state index in [2.05, 4.69) is 20.6 Å². The summed E-state index contributed by atoms with van der Waals surface area (Å²) < 4.78 is 13.5. The molecule has 0 fully saturated rings. The zero-order valence-corrected chi connectivity index (χ0v) is 16.0. The van der Waals surface area contributed by atoms with Crippen LogP contribution in [0.5, 0.6) is 0 Å². The maximum Gasteiger partial charge on any atom is 0.251 e. The molecule has 2 N–H and O–H groups in total. The van der Waals surface area contributed by atoms with Crippen molar-refractivity contribution in [3.8, 4) is 11.4 Å². The second-order valence-corrected chi connectivity index (χ2v) is 6.65. The summed E-state index contributed by atoms with van der Waals surface area (Å²) in [6, 6.07) is 24.7. The van der Waals surface area contributed by atoms with Crippen LogP contribution in [-0.4, -0.2) is 15.9 Å². The zero-order chi connectivity index (χ0) is 20.8. The maximum absolute atomic E-state index is 13.5. The maximum atomic E-state index is 13.5. The number of anilines is 2. The van der Waals surface area contributed by atoms with E-state index in [1.54, 1.807) is 48.7 Å². The van der Waals surface area contributed by atoms with Crippen LogP contribution in [0, 0.1) is 5.82 Å². The van der Waals surface area contributed by atoms with E-state index in [4.69, 9.17) is 0 Å². The Hall–Kier alpha value is -4.06. The molecule has 4 aromatic rings. The van der Waals surface area contributed by atoms with Gasteiger partial charge in [0.15, 0.2) is 5.82 Å². The quantitative estimate of drug-likeness (QED) is 0.482. The minimum Gasteiger partial charge on any atom is -0.348 e. The summed E-state index contributed by atoms with van der Waals surface area (Å²) in [7, 11) is 0. The molecule has 0 aliphatic carbocycles. The first-order chi connectivity index (χ1) is 14.7. The van der Waals surface area contributed by atoms with Gasteiger partial charge in [-0.05, 0) is 48.0 Å². The van der Waals surface area contributed by atoms with Crippen LogP contribution in [0.25, 0.3) is 11.4 Å². The number of hydrogen-bond acceptors (Lipinski definition) is 4. The number of aromatic nitrogens is 2. The van der Waals surface area contributed by atoms with Crippen LogP contribution in [0.4, 0.5) is 15.9 Å². The van der Waals surface area contributed by atoms with Gasteiger partial charge in [0, 0.05) is 29.6 Å². The molecule has 148 valence electrons. The lowest BCUT2D eigenvalue weighted by molar-refractivity contribution is 0.0951. The van der Waals surface area contributed by atoms with E-state index in [9.17, 15) is 9.18 Å². The number of hydrogen-bond donors (Lipinski definition) is 2. The normalized spacial score (nSPS) is 10.4. The van der Waals surface area contributed by atoms with Crippen molar-refractivity contribution in [3.63, 3.8) is 0 Å². The molecule has 4 rings (SSSR count). The van der Waals surface area contributed by atoms with Gasteiger partial charge in [0.2, 0.25) is 0 Å². The lowest BCUT2D eigenvalue weighted by atomic mass is 10.1. The first-order valence-electron chi connectivity index (χ1n) is 9.45. The Morgan fingerprint density at radius 1 is 0.900 bits per heavy atom. The molecule has 0 aliphatic rings. The van der Waals surface area contributed by atoms with E-state index < -0.39 is 0 Å². The Morgan fingerprint density at radius 2 is 1.70 bits per heavy atom. The average molecular weight is 398 g/mol. The number of carbonyl (C=O) groups is 1. The summed E-state index contributed by atoms with van der Waals surface area (Å²) in [5, 5.41) is 6.08. The standard InChI is InChI=1S/C24H19FN4O/c25-20-8-4-7-19(15-20)23-26-14-13-22(29-23)28-21-11-9-18(10-12-21)24(30)27-16-17-5-2-1-3-6-17/h1-15H,16H2,(H,27,30)(H,26,28,29). The van der Waals surface area contributed by atoms with Gasteiger partial charge in [0.1, 0.15) is 11.6 Å². The predicted molar refractivity (Wildman–Crippen MR) is 115 cm³/mol. The summed E-state index contributed by atoms with van der Waals surface area (Å²) in [4.78, 5) is 21.0. The fourth-order valence-electron chi connectivity index (χ4n) is 2.93. The topological polar surface area (TPSA) is 66.9 Å². The highest BCUT2D eigenvalue weighted by Crippen LogP contribution is 2.20. The first kappa shape index (κ1) is 19.3. The van der Waals surface area contributed by atoms with Crippen LogP contribution in [0.2, 0.25) is 0 Å². The van der Waals surface area contributed by atoms with Crippen molar-refractivity contribution in [2.24, 2.45) is 0 Å². The molecule has 0 radical (unpaired) electrons. The summed E-state index contributed by atoms with van der Waals surface area (Å²) in [6.45, 7) is 0.476. The Balaban J connectivity index is 1.41. The van der Waals surface area contributed by atoms with Crippen molar-refractivity contribution in [1.29, 1.82) is 0 Å². The number of amides is 1. The molecule has 0 atom stereocenters. The van der Waals surface area contributed by atoms with Crippen LogP contribution in [0.1, 0.15) is 15.9 Å². The molecule has 3 aromatic carbocycles. The van der Waals surface area contributed by atoms with Gasteiger partial charge in [-0.1, -0.05) is 42.5 Å². The largest absolute Gasteiger partial charge is 0.348 e. The smallest absolute Gasteiger partial charge is 0.251 e. The first-order valence-corrected chi connectivity index (χ1v) is 9.45.